The monoisotopic (exact) mass is 336 g/mol. The standard InChI is InChI=1S/C21H36O3/c1-14-4-5-18-17(13-23)19(7-10-20(14,18)2)21(3)9-6-16(24)12-15(21)8-11-22/h15-19,22-24H,1,4-13H2,2-3H3/t15-,16-,17-,18?,19?,20+,21-/m0/s1. The Bertz CT molecular complexity index is 476. The third-order valence-electron chi connectivity index (χ3n) is 8.43. The molecule has 3 rings (SSSR count). The Kier molecular flexibility index (Phi) is 5.17. The number of aliphatic hydroxyl groups excluding tert-OH is 3. The van der Waals surface area contributed by atoms with Gasteiger partial charge in [-0.25, -0.2) is 0 Å². The Labute approximate surface area is 147 Å². The molecule has 3 saturated carbocycles. The Morgan fingerprint density at radius 3 is 2.50 bits per heavy atom. The molecular weight excluding hydrogens is 300 g/mol. The molecule has 3 heteroatoms. The minimum atomic E-state index is -0.220. The summed E-state index contributed by atoms with van der Waals surface area (Å²) in [4.78, 5) is 0. The first-order chi connectivity index (χ1) is 11.4. The topological polar surface area (TPSA) is 60.7 Å². The SMILES string of the molecule is C=C1CCC2[C@H](CO)C([C@@]3(C)CC[C@H](O)C[C@@H]3CCO)CC[C@]12C. The average Bonchev–Trinajstić information content (AvgIpc) is 2.86. The van der Waals surface area contributed by atoms with Crippen molar-refractivity contribution in [3.63, 3.8) is 0 Å². The van der Waals surface area contributed by atoms with Gasteiger partial charge in [0.15, 0.2) is 0 Å². The molecule has 3 fully saturated rings. The predicted molar refractivity (Wildman–Crippen MR) is 96.4 cm³/mol. The molecule has 0 aliphatic heterocycles. The second kappa shape index (κ2) is 6.74. The van der Waals surface area contributed by atoms with E-state index in [1.165, 1.54) is 18.4 Å². The second-order valence-electron chi connectivity index (χ2n) is 9.30. The number of hydrogen-bond donors (Lipinski definition) is 3. The maximum absolute atomic E-state index is 10.3. The summed E-state index contributed by atoms with van der Waals surface area (Å²) in [6, 6.07) is 0. The highest BCUT2D eigenvalue weighted by Gasteiger charge is 2.56. The molecule has 24 heavy (non-hydrogen) atoms. The van der Waals surface area contributed by atoms with Crippen LogP contribution in [-0.4, -0.2) is 34.6 Å². The van der Waals surface area contributed by atoms with Crippen molar-refractivity contribution in [1.82, 2.24) is 0 Å². The molecule has 0 saturated heterocycles. The number of allylic oxidation sites excluding steroid dienone is 1. The molecule has 0 heterocycles. The highest BCUT2D eigenvalue weighted by Crippen LogP contribution is 2.63. The largest absolute Gasteiger partial charge is 0.396 e. The zero-order valence-corrected chi connectivity index (χ0v) is 15.5. The van der Waals surface area contributed by atoms with Crippen molar-refractivity contribution < 1.29 is 15.3 Å². The molecule has 0 spiro atoms. The van der Waals surface area contributed by atoms with Gasteiger partial charge in [-0.15, -0.1) is 0 Å². The second-order valence-corrected chi connectivity index (χ2v) is 9.30. The van der Waals surface area contributed by atoms with Crippen LogP contribution in [0.4, 0.5) is 0 Å². The summed E-state index contributed by atoms with van der Waals surface area (Å²) >= 11 is 0. The lowest BCUT2D eigenvalue weighted by Gasteiger charge is -2.56. The van der Waals surface area contributed by atoms with Gasteiger partial charge in [0.1, 0.15) is 0 Å². The number of fused-ring (bicyclic) bond motifs is 1. The van der Waals surface area contributed by atoms with Gasteiger partial charge in [0.25, 0.3) is 0 Å². The highest BCUT2D eigenvalue weighted by molar-refractivity contribution is 5.20. The third kappa shape index (κ3) is 2.77. The van der Waals surface area contributed by atoms with Crippen LogP contribution < -0.4 is 0 Å². The van der Waals surface area contributed by atoms with E-state index in [1.807, 2.05) is 0 Å². The Morgan fingerprint density at radius 2 is 1.83 bits per heavy atom. The summed E-state index contributed by atoms with van der Waals surface area (Å²) in [6.45, 7) is 9.54. The molecule has 138 valence electrons. The van der Waals surface area contributed by atoms with Crippen LogP contribution in [-0.2, 0) is 0 Å². The van der Waals surface area contributed by atoms with Gasteiger partial charge < -0.3 is 15.3 Å². The molecule has 3 nitrogen and oxygen atoms in total. The molecule has 3 aliphatic rings. The predicted octanol–water partition coefficient (Wildman–Crippen LogP) is 3.53. The van der Waals surface area contributed by atoms with Crippen molar-refractivity contribution in [2.45, 2.75) is 71.3 Å². The lowest BCUT2D eigenvalue weighted by Crippen LogP contribution is -2.51. The Balaban J connectivity index is 1.88. The van der Waals surface area contributed by atoms with Crippen molar-refractivity contribution in [3.8, 4) is 0 Å². The van der Waals surface area contributed by atoms with Crippen LogP contribution in [0.5, 0.6) is 0 Å². The molecule has 0 aromatic heterocycles. The summed E-state index contributed by atoms with van der Waals surface area (Å²) in [5.41, 5.74) is 1.72. The summed E-state index contributed by atoms with van der Waals surface area (Å²) in [7, 11) is 0. The molecule has 0 aromatic rings. The van der Waals surface area contributed by atoms with Crippen molar-refractivity contribution >= 4 is 0 Å². The maximum atomic E-state index is 10.3. The van der Waals surface area contributed by atoms with Crippen LogP contribution >= 0.6 is 0 Å². The van der Waals surface area contributed by atoms with Crippen molar-refractivity contribution in [1.29, 1.82) is 0 Å². The lowest BCUT2D eigenvalue weighted by molar-refractivity contribution is -0.0977. The number of rotatable bonds is 4. The fourth-order valence-electron chi connectivity index (χ4n) is 6.76. The molecule has 2 unspecified atom stereocenters. The molecule has 3 N–H and O–H groups in total. The van der Waals surface area contributed by atoms with E-state index in [-0.39, 0.29) is 30.1 Å². The van der Waals surface area contributed by atoms with E-state index < -0.39 is 0 Å². The molecular formula is C21H36O3. The first-order valence-corrected chi connectivity index (χ1v) is 9.95. The summed E-state index contributed by atoms with van der Waals surface area (Å²) in [5, 5.41) is 30.0. The van der Waals surface area contributed by atoms with Crippen molar-refractivity contribution in [2.24, 2.45) is 34.5 Å². The Hall–Kier alpha value is -0.380. The van der Waals surface area contributed by atoms with E-state index in [1.54, 1.807) is 0 Å². The van der Waals surface area contributed by atoms with Crippen LogP contribution in [0.25, 0.3) is 0 Å². The van der Waals surface area contributed by atoms with Gasteiger partial charge in [0, 0.05) is 13.2 Å². The summed E-state index contributed by atoms with van der Waals surface area (Å²) < 4.78 is 0. The zero-order valence-electron chi connectivity index (χ0n) is 15.5. The highest BCUT2D eigenvalue weighted by atomic mass is 16.3. The van der Waals surface area contributed by atoms with E-state index in [0.29, 0.717) is 23.7 Å². The summed E-state index contributed by atoms with van der Waals surface area (Å²) in [5.74, 6) is 1.74. The van der Waals surface area contributed by atoms with E-state index >= 15 is 0 Å². The van der Waals surface area contributed by atoms with Gasteiger partial charge >= 0.3 is 0 Å². The molecule has 3 aliphatic carbocycles. The number of aliphatic hydroxyl groups is 3. The van der Waals surface area contributed by atoms with Gasteiger partial charge in [-0.1, -0.05) is 26.0 Å². The van der Waals surface area contributed by atoms with Gasteiger partial charge in [0.05, 0.1) is 6.10 Å². The van der Waals surface area contributed by atoms with Crippen LogP contribution in [0.1, 0.15) is 65.2 Å². The smallest absolute Gasteiger partial charge is 0.0543 e. The van der Waals surface area contributed by atoms with Gasteiger partial charge in [0.2, 0.25) is 0 Å². The molecule has 0 radical (unpaired) electrons. The minimum absolute atomic E-state index is 0.126. The van der Waals surface area contributed by atoms with E-state index in [0.717, 1.165) is 38.5 Å². The van der Waals surface area contributed by atoms with Crippen molar-refractivity contribution in [3.05, 3.63) is 12.2 Å². The first-order valence-electron chi connectivity index (χ1n) is 9.95. The number of hydrogen-bond acceptors (Lipinski definition) is 3. The van der Waals surface area contributed by atoms with Crippen LogP contribution in [0.2, 0.25) is 0 Å². The quantitative estimate of drug-likeness (QED) is 0.688. The zero-order chi connectivity index (χ0) is 17.5. The normalized spacial score (nSPS) is 49.2. The molecule has 7 atom stereocenters. The Morgan fingerprint density at radius 1 is 1.08 bits per heavy atom. The van der Waals surface area contributed by atoms with E-state index in [4.69, 9.17) is 0 Å². The van der Waals surface area contributed by atoms with Gasteiger partial charge in [-0.3, -0.25) is 0 Å². The van der Waals surface area contributed by atoms with E-state index in [9.17, 15) is 15.3 Å². The average molecular weight is 337 g/mol. The summed E-state index contributed by atoms with van der Waals surface area (Å²) in [6.07, 6.45) is 7.85. The van der Waals surface area contributed by atoms with Crippen LogP contribution in [0.3, 0.4) is 0 Å². The van der Waals surface area contributed by atoms with Gasteiger partial charge in [-0.2, -0.15) is 0 Å². The van der Waals surface area contributed by atoms with Crippen LogP contribution in [0.15, 0.2) is 12.2 Å². The fourth-order valence-corrected chi connectivity index (χ4v) is 6.76. The first kappa shape index (κ1) is 18.4. The molecule has 0 aromatic carbocycles. The third-order valence-corrected chi connectivity index (χ3v) is 8.43. The maximum Gasteiger partial charge on any atom is 0.0543 e. The lowest BCUT2D eigenvalue weighted by atomic mass is 9.49. The van der Waals surface area contributed by atoms with E-state index in [2.05, 4.69) is 20.4 Å². The fraction of sp³-hybridized carbons (Fsp3) is 0.905. The molecule has 0 bridgehead atoms. The van der Waals surface area contributed by atoms with Crippen molar-refractivity contribution in [2.75, 3.05) is 13.2 Å². The molecule has 0 amide bonds. The minimum Gasteiger partial charge on any atom is -0.396 e. The van der Waals surface area contributed by atoms with Gasteiger partial charge in [-0.05, 0) is 85.9 Å². The van der Waals surface area contributed by atoms with Crippen LogP contribution in [0, 0.1) is 34.5 Å².